The molecule has 3 aromatic rings. The van der Waals surface area contributed by atoms with Gasteiger partial charge in [-0.25, -0.2) is 9.07 Å². The fraction of sp³-hybridized carbons (Fsp3) is 0.500. The highest BCUT2D eigenvalue weighted by molar-refractivity contribution is 6.30. The monoisotopic (exact) mass is 483 g/mol. The summed E-state index contributed by atoms with van der Waals surface area (Å²) in [6.45, 7) is 2.21. The van der Waals surface area contributed by atoms with Gasteiger partial charge in [0.2, 0.25) is 0 Å². The zero-order chi connectivity index (χ0) is 23.3. The van der Waals surface area contributed by atoms with E-state index < -0.39 is 0 Å². The van der Waals surface area contributed by atoms with Crippen LogP contribution in [-0.2, 0) is 11.3 Å². The molecular weight excluding hydrogens is 453 g/mol. The Bertz CT molecular complexity index is 1050. The van der Waals surface area contributed by atoms with Crippen molar-refractivity contribution in [2.45, 2.75) is 69.7 Å². The molecule has 0 N–H and O–H groups in total. The van der Waals surface area contributed by atoms with Crippen LogP contribution in [0.5, 0.6) is 0 Å². The second-order valence-electron chi connectivity index (χ2n) is 9.42. The normalized spacial score (nSPS) is 20.1. The Kier molecular flexibility index (Phi) is 7.52. The van der Waals surface area contributed by atoms with Gasteiger partial charge >= 0.3 is 0 Å². The fourth-order valence-corrected chi connectivity index (χ4v) is 5.40. The van der Waals surface area contributed by atoms with E-state index in [-0.39, 0.29) is 18.0 Å². The molecule has 1 saturated carbocycles. The summed E-state index contributed by atoms with van der Waals surface area (Å²) in [5.74, 6) is 0.559. The third-order valence-electron chi connectivity index (χ3n) is 7.00. The van der Waals surface area contributed by atoms with Gasteiger partial charge in [-0.2, -0.15) is 0 Å². The predicted octanol–water partition coefficient (Wildman–Crippen LogP) is 5.74. The number of halogens is 2. The molecule has 2 aliphatic rings. The maximum absolute atomic E-state index is 13.9. The summed E-state index contributed by atoms with van der Waals surface area (Å²) in [7, 11) is 0. The molecule has 0 amide bonds. The molecule has 2 heterocycles. The summed E-state index contributed by atoms with van der Waals surface area (Å²) in [5.41, 5.74) is 2.12. The molecule has 2 aromatic carbocycles. The van der Waals surface area contributed by atoms with Gasteiger partial charge in [0, 0.05) is 24.7 Å². The number of hydrogen-bond acceptors (Lipinski definition) is 5. The van der Waals surface area contributed by atoms with Crippen LogP contribution in [0.25, 0.3) is 0 Å². The largest absolute Gasteiger partial charge is 0.377 e. The van der Waals surface area contributed by atoms with Crippen molar-refractivity contribution in [2.24, 2.45) is 0 Å². The lowest BCUT2D eigenvalue weighted by Gasteiger charge is -2.34. The van der Waals surface area contributed by atoms with E-state index in [0.717, 1.165) is 55.8 Å². The van der Waals surface area contributed by atoms with Gasteiger partial charge in [0.25, 0.3) is 0 Å². The first-order chi connectivity index (χ1) is 16.7. The van der Waals surface area contributed by atoms with Crippen LogP contribution < -0.4 is 0 Å². The van der Waals surface area contributed by atoms with E-state index in [9.17, 15) is 4.39 Å². The summed E-state index contributed by atoms with van der Waals surface area (Å²) < 4.78 is 21.9. The molecule has 6 nitrogen and oxygen atoms in total. The Hall–Kier alpha value is -2.35. The lowest BCUT2D eigenvalue weighted by atomic mass is 9.95. The highest BCUT2D eigenvalue weighted by Crippen LogP contribution is 2.35. The molecule has 1 aliphatic heterocycles. The van der Waals surface area contributed by atoms with Gasteiger partial charge in [0.1, 0.15) is 5.82 Å². The highest BCUT2D eigenvalue weighted by atomic mass is 35.5. The smallest absolute Gasteiger partial charge is 0.173 e. The molecule has 0 spiro atoms. The Balaban J connectivity index is 1.55. The van der Waals surface area contributed by atoms with Crippen LogP contribution in [0.1, 0.15) is 74.0 Å². The first-order valence-corrected chi connectivity index (χ1v) is 12.7. The molecular formula is C26H31ClFN5O. The van der Waals surface area contributed by atoms with Crippen molar-refractivity contribution in [3.05, 3.63) is 76.3 Å². The SMILES string of the molecule is Fc1ccc(C(c2nnnn2C2CCCCC2)N(Cc2ccc(Cl)cc2)CC2CCCO2)cc1. The average molecular weight is 484 g/mol. The third kappa shape index (κ3) is 5.48. The quantitative estimate of drug-likeness (QED) is 0.409. The molecule has 5 rings (SSSR count). The molecule has 1 saturated heterocycles. The summed E-state index contributed by atoms with van der Waals surface area (Å²) in [6, 6.07) is 14.7. The zero-order valence-corrected chi connectivity index (χ0v) is 20.1. The minimum atomic E-state index is -0.252. The van der Waals surface area contributed by atoms with Gasteiger partial charge in [-0.1, -0.05) is 55.1 Å². The lowest BCUT2D eigenvalue weighted by molar-refractivity contribution is 0.0569. The molecule has 34 heavy (non-hydrogen) atoms. The van der Waals surface area contributed by atoms with Crippen molar-refractivity contribution < 1.29 is 9.13 Å². The number of rotatable bonds is 8. The molecule has 180 valence electrons. The molecule has 1 aliphatic carbocycles. The standard InChI is InChI=1S/C26H31ClFN5O/c27-21-12-8-19(9-13-21)17-32(18-24-7-4-16-34-24)25(20-10-14-22(28)15-11-20)26-29-30-31-33(26)23-5-2-1-3-6-23/h8-15,23-25H,1-7,16-18H2. The highest BCUT2D eigenvalue weighted by Gasteiger charge is 2.33. The maximum atomic E-state index is 13.9. The zero-order valence-electron chi connectivity index (χ0n) is 19.3. The summed E-state index contributed by atoms with van der Waals surface area (Å²) >= 11 is 6.15. The molecule has 0 bridgehead atoms. The van der Waals surface area contributed by atoms with E-state index in [2.05, 4.69) is 32.6 Å². The molecule has 2 unspecified atom stereocenters. The Morgan fingerprint density at radius 2 is 1.76 bits per heavy atom. The minimum absolute atomic E-state index is 0.147. The van der Waals surface area contributed by atoms with Crippen molar-refractivity contribution in [3.63, 3.8) is 0 Å². The van der Waals surface area contributed by atoms with Crippen LogP contribution in [0.15, 0.2) is 48.5 Å². The summed E-state index contributed by atoms with van der Waals surface area (Å²) in [6.07, 6.45) is 8.05. The Labute approximate surface area is 205 Å². The van der Waals surface area contributed by atoms with Crippen LogP contribution in [-0.4, -0.2) is 44.4 Å². The van der Waals surface area contributed by atoms with E-state index >= 15 is 0 Å². The topological polar surface area (TPSA) is 56.1 Å². The number of ether oxygens (including phenoxy) is 1. The number of hydrogen-bond donors (Lipinski definition) is 0. The van der Waals surface area contributed by atoms with E-state index in [1.807, 2.05) is 28.9 Å². The van der Waals surface area contributed by atoms with Gasteiger partial charge in [0.05, 0.1) is 18.2 Å². The molecule has 8 heteroatoms. The third-order valence-corrected chi connectivity index (χ3v) is 7.25. The van der Waals surface area contributed by atoms with Crippen molar-refractivity contribution in [1.29, 1.82) is 0 Å². The molecule has 0 radical (unpaired) electrons. The maximum Gasteiger partial charge on any atom is 0.173 e. The molecule has 2 atom stereocenters. The van der Waals surface area contributed by atoms with Gasteiger partial charge < -0.3 is 4.74 Å². The van der Waals surface area contributed by atoms with Crippen LogP contribution in [0.2, 0.25) is 5.02 Å². The van der Waals surface area contributed by atoms with E-state index in [1.165, 1.54) is 31.4 Å². The summed E-state index contributed by atoms with van der Waals surface area (Å²) in [5, 5.41) is 13.8. The number of nitrogens with zero attached hydrogens (tertiary/aromatic N) is 5. The molecule has 2 fully saturated rings. The van der Waals surface area contributed by atoms with Crippen molar-refractivity contribution in [3.8, 4) is 0 Å². The minimum Gasteiger partial charge on any atom is -0.377 e. The van der Waals surface area contributed by atoms with E-state index in [4.69, 9.17) is 16.3 Å². The first-order valence-electron chi connectivity index (χ1n) is 12.3. The predicted molar refractivity (Wildman–Crippen MR) is 129 cm³/mol. The number of benzene rings is 2. The van der Waals surface area contributed by atoms with Gasteiger partial charge in [-0.15, -0.1) is 5.10 Å². The van der Waals surface area contributed by atoms with Crippen molar-refractivity contribution in [2.75, 3.05) is 13.2 Å². The van der Waals surface area contributed by atoms with E-state index in [1.54, 1.807) is 0 Å². The lowest BCUT2D eigenvalue weighted by Crippen LogP contribution is -2.37. The average Bonchev–Trinajstić information content (AvgIpc) is 3.55. The van der Waals surface area contributed by atoms with Gasteiger partial charge in [-0.05, 0) is 71.5 Å². The van der Waals surface area contributed by atoms with Gasteiger partial charge in [0.15, 0.2) is 5.82 Å². The van der Waals surface area contributed by atoms with Crippen molar-refractivity contribution in [1.82, 2.24) is 25.1 Å². The second-order valence-corrected chi connectivity index (χ2v) is 9.85. The van der Waals surface area contributed by atoms with Crippen LogP contribution >= 0.6 is 11.6 Å². The first kappa shape index (κ1) is 23.4. The van der Waals surface area contributed by atoms with E-state index in [0.29, 0.717) is 17.6 Å². The number of tetrazole rings is 1. The Morgan fingerprint density at radius 3 is 2.47 bits per heavy atom. The summed E-state index contributed by atoms with van der Waals surface area (Å²) in [4.78, 5) is 2.37. The van der Waals surface area contributed by atoms with Crippen LogP contribution in [0.4, 0.5) is 4.39 Å². The number of aromatic nitrogens is 4. The second kappa shape index (κ2) is 10.9. The van der Waals surface area contributed by atoms with Crippen LogP contribution in [0, 0.1) is 5.82 Å². The van der Waals surface area contributed by atoms with Gasteiger partial charge in [-0.3, -0.25) is 4.90 Å². The Morgan fingerprint density at radius 1 is 1.00 bits per heavy atom. The van der Waals surface area contributed by atoms with Crippen molar-refractivity contribution >= 4 is 11.6 Å². The molecule has 1 aromatic heterocycles. The van der Waals surface area contributed by atoms with Crippen LogP contribution in [0.3, 0.4) is 0 Å². The fourth-order valence-electron chi connectivity index (χ4n) is 5.27.